The first-order valence-corrected chi connectivity index (χ1v) is 3.63. The third-order valence-electron chi connectivity index (χ3n) is 1.46. The Morgan fingerprint density at radius 1 is 1.15 bits per heavy atom. The molecule has 2 aromatic rings. The van der Waals surface area contributed by atoms with Crippen LogP contribution in [-0.2, 0) is 0 Å². The van der Waals surface area contributed by atoms with Gasteiger partial charge < -0.3 is 13.6 Å². The van der Waals surface area contributed by atoms with E-state index in [0.717, 1.165) is 0 Å². The maximum atomic E-state index is 11.2. The summed E-state index contributed by atoms with van der Waals surface area (Å²) in [5.74, 6) is -0.0821. The van der Waals surface area contributed by atoms with Gasteiger partial charge in [-0.25, -0.2) is 4.79 Å². The summed E-state index contributed by atoms with van der Waals surface area (Å²) in [5, 5.41) is 0. The van der Waals surface area contributed by atoms with Gasteiger partial charge in [0.1, 0.15) is 12.5 Å². The quantitative estimate of drug-likeness (QED) is 0.660. The minimum atomic E-state index is -0.463. The number of carbonyl (C=O) groups is 1. The summed E-state index contributed by atoms with van der Waals surface area (Å²) in [6, 6.07) is 3.08. The van der Waals surface area contributed by atoms with Crippen molar-refractivity contribution in [1.29, 1.82) is 0 Å². The van der Waals surface area contributed by atoms with E-state index in [9.17, 15) is 4.79 Å². The Labute approximate surface area is 73.7 Å². The Bertz CT molecular complexity index is 372. The van der Waals surface area contributed by atoms with E-state index < -0.39 is 5.97 Å². The van der Waals surface area contributed by atoms with Crippen LogP contribution in [0.1, 0.15) is 10.4 Å². The minimum Gasteiger partial charge on any atom is -0.472 e. The van der Waals surface area contributed by atoms with Crippen LogP contribution >= 0.6 is 0 Å². The van der Waals surface area contributed by atoms with E-state index in [1.807, 2.05) is 0 Å². The van der Waals surface area contributed by atoms with Gasteiger partial charge in [-0.2, -0.15) is 0 Å². The highest BCUT2D eigenvalue weighted by Gasteiger charge is 2.09. The number of carbonyl (C=O) groups excluding carboxylic acids is 1. The first-order valence-electron chi connectivity index (χ1n) is 3.63. The molecule has 0 atom stereocenters. The number of furan rings is 2. The Hall–Kier alpha value is -1.97. The lowest BCUT2D eigenvalue weighted by atomic mass is 10.3. The van der Waals surface area contributed by atoms with Crippen molar-refractivity contribution in [2.24, 2.45) is 0 Å². The molecule has 2 heterocycles. The second kappa shape index (κ2) is 3.18. The third kappa shape index (κ3) is 1.61. The molecule has 0 unspecified atom stereocenters. The molecule has 4 heteroatoms. The molecule has 0 aromatic carbocycles. The topological polar surface area (TPSA) is 52.6 Å². The fourth-order valence-corrected chi connectivity index (χ4v) is 0.857. The number of esters is 1. The Kier molecular flexibility index (Phi) is 1.88. The van der Waals surface area contributed by atoms with Gasteiger partial charge in [0, 0.05) is 6.07 Å². The zero-order valence-electron chi connectivity index (χ0n) is 6.60. The summed E-state index contributed by atoms with van der Waals surface area (Å²) in [7, 11) is 0. The fourth-order valence-electron chi connectivity index (χ4n) is 0.857. The van der Waals surface area contributed by atoms with Crippen molar-refractivity contribution in [2.75, 3.05) is 0 Å². The summed E-state index contributed by atoms with van der Waals surface area (Å²) < 4.78 is 14.4. The van der Waals surface area contributed by atoms with Gasteiger partial charge in [-0.3, -0.25) is 0 Å². The Morgan fingerprint density at radius 2 is 1.92 bits per heavy atom. The normalized spacial score (nSPS) is 9.85. The van der Waals surface area contributed by atoms with Crippen LogP contribution in [0.2, 0.25) is 0 Å². The molecule has 0 fully saturated rings. The van der Waals surface area contributed by atoms with Crippen molar-refractivity contribution in [1.82, 2.24) is 0 Å². The third-order valence-corrected chi connectivity index (χ3v) is 1.46. The van der Waals surface area contributed by atoms with E-state index in [0.29, 0.717) is 11.3 Å². The van der Waals surface area contributed by atoms with Crippen LogP contribution in [0, 0.1) is 0 Å². The molecular weight excluding hydrogens is 172 g/mol. The minimum absolute atomic E-state index is 0.376. The standard InChI is InChI=1S/C9H6O4/c10-9(7-1-3-11-5-7)13-8-2-4-12-6-8/h1-6H. The van der Waals surface area contributed by atoms with Crippen LogP contribution in [0.5, 0.6) is 5.75 Å². The van der Waals surface area contributed by atoms with E-state index in [4.69, 9.17) is 13.6 Å². The molecular formula is C9H6O4. The predicted octanol–water partition coefficient (Wildman–Crippen LogP) is 2.09. The van der Waals surface area contributed by atoms with E-state index in [1.54, 1.807) is 6.07 Å². The highest BCUT2D eigenvalue weighted by atomic mass is 16.5. The van der Waals surface area contributed by atoms with Crippen LogP contribution in [0.4, 0.5) is 0 Å². The Morgan fingerprint density at radius 3 is 2.54 bits per heavy atom. The van der Waals surface area contributed by atoms with Crippen molar-refractivity contribution < 1.29 is 18.4 Å². The first kappa shape index (κ1) is 7.67. The zero-order chi connectivity index (χ0) is 9.10. The monoisotopic (exact) mass is 178 g/mol. The van der Waals surface area contributed by atoms with Gasteiger partial charge in [-0.15, -0.1) is 0 Å². The molecule has 0 saturated heterocycles. The largest absolute Gasteiger partial charge is 0.472 e. The molecule has 0 aliphatic carbocycles. The van der Waals surface area contributed by atoms with E-state index >= 15 is 0 Å². The fraction of sp³-hybridized carbons (Fsp3) is 0. The van der Waals surface area contributed by atoms with Crippen LogP contribution < -0.4 is 4.74 Å². The molecule has 0 saturated carbocycles. The molecule has 66 valence electrons. The van der Waals surface area contributed by atoms with Gasteiger partial charge in [-0.1, -0.05) is 0 Å². The van der Waals surface area contributed by atoms with Gasteiger partial charge in [0.05, 0.1) is 18.1 Å². The number of rotatable bonds is 2. The summed E-state index contributed by atoms with van der Waals surface area (Å²) >= 11 is 0. The predicted molar refractivity (Wildman–Crippen MR) is 42.4 cm³/mol. The van der Waals surface area contributed by atoms with Gasteiger partial charge in [0.15, 0.2) is 5.75 Å². The van der Waals surface area contributed by atoms with Gasteiger partial charge in [0.25, 0.3) is 0 Å². The summed E-state index contributed by atoms with van der Waals surface area (Å²) in [6.07, 6.45) is 5.50. The van der Waals surface area contributed by atoms with E-state index in [1.165, 1.54) is 31.1 Å². The summed E-state index contributed by atoms with van der Waals surface area (Å²) in [6.45, 7) is 0. The van der Waals surface area contributed by atoms with Crippen LogP contribution in [0.15, 0.2) is 46.0 Å². The van der Waals surface area contributed by atoms with Crippen molar-refractivity contribution in [3.63, 3.8) is 0 Å². The number of ether oxygens (including phenoxy) is 1. The first-order chi connectivity index (χ1) is 6.36. The lowest BCUT2D eigenvalue weighted by Crippen LogP contribution is -2.06. The van der Waals surface area contributed by atoms with Crippen LogP contribution in [0.25, 0.3) is 0 Å². The lowest BCUT2D eigenvalue weighted by molar-refractivity contribution is 0.0733. The molecule has 0 bridgehead atoms. The molecule has 0 N–H and O–H groups in total. The maximum absolute atomic E-state index is 11.2. The smallest absolute Gasteiger partial charge is 0.346 e. The van der Waals surface area contributed by atoms with Gasteiger partial charge in [-0.05, 0) is 6.07 Å². The van der Waals surface area contributed by atoms with E-state index in [-0.39, 0.29) is 0 Å². The van der Waals surface area contributed by atoms with Gasteiger partial charge in [0.2, 0.25) is 0 Å². The van der Waals surface area contributed by atoms with Gasteiger partial charge >= 0.3 is 5.97 Å². The molecule has 2 aromatic heterocycles. The lowest BCUT2D eigenvalue weighted by Gasteiger charge is -1.96. The summed E-state index contributed by atoms with van der Waals surface area (Å²) in [4.78, 5) is 11.2. The van der Waals surface area contributed by atoms with Crippen LogP contribution in [0.3, 0.4) is 0 Å². The molecule has 0 radical (unpaired) electrons. The highest BCUT2D eigenvalue weighted by Crippen LogP contribution is 2.12. The second-order valence-corrected chi connectivity index (χ2v) is 2.36. The Balaban J connectivity index is 2.08. The SMILES string of the molecule is O=C(Oc1ccoc1)c1ccoc1. The molecule has 2 rings (SSSR count). The molecule has 0 aliphatic heterocycles. The second-order valence-electron chi connectivity index (χ2n) is 2.36. The van der Waals surface area contributed by atoms with Crippen molar-refractivity contribution >= 4 is 5.97 Å². The number of hydrogen-bond acceptors (Lipinski definition) is 4. The van der Waals surface area contributed by atoms with Crippen molar-refractivity contribution in [2.45, 2.75) is 0 Å². The average Bonchev–Trinajstić information content (AvgIpc) is 2.74. The van der Waals surface area contributed by atoms with E-state index in [2.05, 4.69) is 0 Å². The van der Waals surface area contributed by atoms with Crippen molar-refractivity contribution in [3.8, 4) is 5.75 Å². The molecule has 4 nitrogen and oxygen atoms in total. The molecule has 0 spiro atoms. The number of hydrogen-bond donors (Lipinski definition) is 0. The highest BCUT2D eigenvalue weighted by molar-refractivity contribution is 5.90. The zero-order valence-corrected chi connectivity index (χ0v) is 6.60. The molecule has 0 amide bonds. The van der Waals surface area contributed by atoms with Crippen molar-refractivity contribution in [3.05, 3.63) is 42.7 Å². The average molecular weight is 178 g/mol. The summed E-state index contributed by atoms with van der Waals surface area (Å²) in [5.41, 5.74) is 0.376. The maximum Gasteiger partial charge on any atom is 0.346 e. The molecule has 0 aliphatic rings. The molecule has 13 heavy (non-hydrogen) atoms. The van der Waals surface area contributed by atoms with Crippen LogP contribution in [-0.4, -0.2) is 5.97 Å².